The number of benzene rings is 1. The van der Waals surface area contributed by atoms with Crippen LogP contribution in [0.25, 0.3) is 0 Å². The second-order valence-corrected chi connectivity index (χ2v) is 5.00. The van der Waals surface area contributed by atoms with Gasteiger partial charge in [0.05, 0.1) is 19.8 Å². The van der Waals surface area contributed by atoms with Crippen LogP contribution in [0.4, 0.5) is 0 Å². The first kappa shape index (κ1) is 13.4. The molecule has 0 heterocycles. The number of rotatable bonds is 4. The molecule has 100 valence electrons. The van der Waals surface area contributed by atoms with Crippen molar-refractivity contribution >= 4 is 0 Å². The fraction of sp³-hybridized carbons (Fsp3) is 0.600. The van der Waals surface area contributed by atoms with Crippen LogP contribution >= 0.6 is 0 Å². The Morgan fingerprint density at radius 1 is 1.22 bits per heavy atom. The molecule has 2 rings (SSSR count). The molecule has 1 fully saturated rings. The summed E-state index contributed by atoms with van der Waals surface area (Å²) in [5.41, 5.74) is 7.29. The number of ether oxygens (including phenoxy) is 2. The van der Waals surface area contributed by atoms with Crippen molar-refractivity contribution in [2.75, 3.05) is 7.11 Å². The highest BCUT2D eigenvalue weighted by Gasteiger charge is 2.20. The molecule has 3 heteroatoms. The highest BCUT2D eigenvalue weighted by Crippen LogP contribution is 2.21. The van der Waals surface area contributed by atoms with E-state index in [4.69, 9.17) is 15.2 Å². The van der Waals surface area contributed by atoms with Gasteiger partial charge in [0.2, 0.25) is 0 Å². The van der Waals surface area contributed by atoms with E-state index in [-0.39, 0.29) is 12.1 Å². The minimum absolute atomic E-state index is 0.193. The molecule has 1 aliphatic rings. The van der Waals surface area contributed by atoms with Crippen LogP contribution in [0, 0.1) is 0 Å². The summed E-state index contributed by atoms with van der Waals surface area (Å²) in [6.07, 6.45) is 6.14. The normalized spacial score (nSPS) is 24.6. The average Bonchev–Trinajstić information content (AvgIpc) is 2.61. The fourth-order valence-electron chi connectivity index (χ4n) is 2.47. The van der Waals surface area contributed by atoms with Crippen molar-refractivity contribution in [2.45, 2.75) is 50.9 Å². The second-order valence-electron chi connectivity index (χ2n) is 5.00. The first-order valence-electron chi connectivity index (χ1n) is 6.79. The van der Waals surface area contributed by atoms with Crippen LogP contribution < -0.4 is 10.5 Å². The van der Waals surface area contributed by atoms with E-state index in [0.717, 1.165) is 24.2 Å². The fourth-order valence-corrected chi connectivity index (χ4v) is 2.47. The van der Waals surface area contributed by atoms with Crippen LogP contribution in [0.1, 0.15) is 37.7 Å². The van der Waals surface area contributed by atoms with E-state index in [1.54, 1.807) is 7.11 Å². The van der Waals surface area contributed by atoms with Crippen molar-refractivity contribution < 1.29 is 9.47 Å². The van der Waals surface area contributed by atoms with Gasteiger partial charge in [-0.05, 0) is 30.5 Å². The van der Waals surface area contributed by atoms with Crippen molar-refractivity contribution in [2.24, 2.45) is 5.73 Å². The largest absolute Gasteiger partial charge is 0.497 e. The van der Waals surface area contributed by atoms with Crippen molar-refractivity contribution in [3.63, 3.8) is 0 Å². The first-order chi connectivity index (χ1) is 8.79. The molecule has 0 saturated heterocycles. The van der Waals surface area contributed by atoms with Gasteiger partial charge in [0.1, 0.15) is 5.75 Å². The molecule has 0 aromatic heterocycles. The van der Waals surface area contributed by atoms with E-state index in [1.807, 2.05) is 18.2 Å². The van der Waals surface area contributed by atoms with E-state index in [9.17, 15) is 0 Å². The summed E-state index contributed by atoms with van der Waals surface area (Å²) in [6, 6.07) is 8.20. The molecule has 0 aliphatic heterocycles. The van der Waals surface area contributed by atoms with Gasteiger partial charge in [0.25, 0.3) is 0 Å². The van der Waals surface area contributed by atoms with Gasteiger partial charge in [-0.1, -0.05) is 31.4 Å². The van der Waals surface area contributed by atoms with Crippen LogP contribution in [0.3, 0.4) is 0 Å². The van der Waals surface area contributed by atoms with E-state index >= 15 is 0 Å². The first-order valence-corrected chi connectivity index (χ1v) is 6.79. The predicted molar refractivity (Wildman–Crippen MR) is 72.6 cm³/mol. The van der Waals surface area contributed by atoms with Crippen molar-refractivity contribution in [1.29, 1.82) is 0 Å². The Hall–Kier alpha value is -1.06. The highest BCUT2D eigenvalue weighted by molar-refractivity contribution is 5.27. The quantitative estimate of drug-likeness (QED) is 0.834. The van der Waals surface area contributed by atoms with Gasteiger partial charge in [0.15, 0.2) is 0 Å². The summed E-state index contributed by atoms with van der Waals surface area (Å²) in [6.45, 7) is 0.621. The summed E-state index contributed by atoms with van der Waals surface area (Å²) < 4.78 is 11.2. The van der Waals surface area contributed by atoms with E-state index in [0.29, 0.717) is 6.61 Å². The van der Waals surface area contributed by atoms with Gasteiger partial charge in [-0.25, -0.2) is 0 Å². The standard InChI is InChI=1S/C15H23NO2/c1-17-13-7-5-6-12(10-13)11-18-15-9-4-2-3-8-14(15)16/h5-7,10,14-15H,2-4,8-9,11,16H2,1H3. The van der Waals surface area contributed by atoms with Gasteiger partial charge >= 0.3 is 0 Å². The van der Waals surface area contributed by atoms with Gasteiger partial charge in [-0.3, -0.25) is 0 Å². The third-order valence-electron chi connectivity index (χ3n) is 3.60. The van der Waals surface area contributed by atoms with Crippen LogP contribution in [-0.2, 0) is 11.3 Å². The zero-order valence-corrected chi connectivity index (χ0v) is 11.1. The van der Waals surface area contributed by atoms with Crippen molar-refractivity contribution in [3.05, 3.63) is 29.8 Å². The van der Waals surface area contributed by atoms with Gasteiger partial charge in [-0.15, -0.1) is 0 Å². The Bertz CT molecular complexity index is 367. The third kappa shape index (κ3) is 3.72. The molecule has 2 N–H and O–H groups in total. The zero-order chi connectivity index (χ0) is 12.8. The summed E-state index contributed by atoms with van der Waals surface area (Å²) in [4.78, 5) is 0. The molecule has 0 amide bonds. The van der Waals surface area contributed by atoms with Crippen molar-refractivity contribution in [3.8, 4) is 5.75 Å². The van der Waals surface area contributed by atoms with E-state index in [1.165, 1.54) is 19.3 Å². The molecule has 1 aromatic rings. The number of hydrogen-bond acceptors (Lipinski definition) is 3. The molecular formula is C15H23NO2. The zero-order valence-electron chi connectivity index (χ0n) is 11.1. The molecule has 2 unspecified atom stereocenters. The predicted octanol–water partition coefficient (Wildman–Crippen LogP) is 2.87. The van der Waals surface area contributed by atoms with Crippen LogP contribution in [-0.4, -0.2) is 19.3 Å². The maximum Gasteiger partial charge on any atom is 0.119 e. The molecule has 0 radical (unpaired) electrons. The second kappa shape index (κ2) is 6.76. The van der Waals surface area contributed by atoms with Crippen molar-refractivity contribution in [1.82, 2.24) is 0 Å². The lowest BCUT2D eigenvalue weighted by Crippen LogP contribution is -2.35. The SMILES string of the molecule is COc1cccc(COC2CCCCCC2N)c1. The lowest BCUT2D eigenvalue weighted by molar-refractivity contribution is 0.0194. The Morgan fingerprint density at radius 3 is 2.89 bits per heavy atom. The highest BCUT2D eigenvalue weighted by atomic mass is 16.5. The summed E-state index contributed by atoms with van der Waals surface area (Å²) >= 11 is 0. The molecule has 0 spiro atoms. The minimum Gasteiger partial charge on any atom is -0.497 e. The van der Waals surface area contributed by atoms with Gasteiger partial charge in [0, 0.05) is 6.04 Å². The van der Waals surface area contributed by atoms with Crippen LogP contribution in [0.2, 0.25) is 0 Å². The number of hydrogen-bond donors (Lipinski definition) is 1. The topological polar surface area (TPSA) is 44.5 Å². The van der Waals surface area contributed by atoms with Crippen LogP contribution in [0.5, 0.6) is 5.75 Å². The molecule has 18 heavy (non-hydrogen) atoms. The summed E-state index contributed by atoms with van der Waals surface area (Å²) in [5.74, 6) is 0.876. The van der Waals surface area contributed by atoms with Gasteiger partial charge in [-0.2, -0.15) is 0 Å². The van der Waals surface area contributed by atoms with Crippen LogP contribution in [0.15, 0.2) is 24.3 Å². The molecule has 1 aromatic carbocycles. The lowest BCUT2D eigenvalue weighted by atomic mass is 10.1. The number of methoxy groups -OCH3 is 1. The monoisotopic (exact) mass is 249 g/mol. The Kier molecular flexibility index (Phi) is 5.02. The Labute approximate surface area is 109 Å². The molecule has 2 atom stereocenters. The number of nitrogens with two attached hydrogens (primary N) is 1. The Morgan fingerprint density at radius 2 is 2.06 bits per heavy atom. The minimum atomic E-state index is 0.193. The summed E-state index contributed by atoms with van der Waals surface area (Å²) in [5, 5.41) is 0. The average molecular weight is 249 g/mol. The van der Waals surface area contributed by atoms with E-state index < -0.39 is 0 Å². The molecular weight excluding hydrogens is 226 g/mol. The van der Waals surface area contributed by atoms with Gasteiger partial charge < -0.3 is 15.2 Å². The maximum absolute atomic E-state index is 6.15. The maximum atomic E-state index is 6.15. The molecule has 1 aliphatic carbocycles. The lowest BCUT2D eigenvalue weighted by Gasteiger charge is -2.22. The molecule has 0 bridgehead atoms. The smallest absolute Gasteiger partial charge is 0.119 e. The van der Waals surface area contributed by atoms with E-state index in [2.05, 4.69) is 6.07 Å². The summed E-state index contributed by atoms with van der Waals surface area (Å²) in [7, 11) is 1.68. The molecule has 1 saturated carbocycles. The molecule has 3 nitrogen and oxygen atoms in total. The Balaban J connectivity index is 1.89. The third-order valence-corrected chi connectivity index (χ3v) is 3.60.